The number of methoxy groups -OCH3 is 1. The Morgan fingerprint density at radius 2 is 2.35 bits per heavy atom. The van der Waals surface area contributed by atoms with E-state index in [1.54, 1.807) is 25.4 Å². The molecule has 2 aromatic heterocycles. The summed E-state index contributed by atoms with van der Waals surface area (Å²) in [6.07, 6.45) is 3.21. The fourth-order valence-corrected chi connectivity index (χ4v) is 1.43. The average Bonchev–Trinajstić information content (AvgIpc) is 2.78. The highest BCUT2D eigenvalue weighted by Crippen LogP contribution is 2.18. The van der Waals surface area contributed by atoms with Crippen molar-refractivity contribution in [2.24, 2.45) is 0 Å². The lowest BCUT2D eigenvalue weighted by molar-refractivity contribution is 0.194. The van der Waals surface area contributed by atoms with Gasteiger partial charge in [0.25, 0.3) is 5.89 Å². The van der Waals surface area contributed by atoms with Crippen molar-refractivity contribution < 1.29 is 9.26 Å². The molecule has 17 heavy (non-hydrogen) atoms. The van der Waals surface area contributed by atoms with Crippen LogP contribution in [0, 0.1) is 0 Å². The Morgan fingerprint density at radius 3 is 3.12 bits per heavy atom. The molecule has 0 aliphatic carbocycles. The maximum atomic E-state index is 5.58. The van der Waals surface area contributed by atoms with E-state index in [4.69, 9.17) is 15.0 Å². The minimum atomic E-state index is 0.432. The summed E-state index contributed by atoms with van der Waals surface area (Å²) in [5.41, 5.74) is 6.36. The molecule has 0 unspecified atom stereocenters. The van der Waals surface area contributed by atoms with Gasteiger partial charge in [0.15, 0.2) is 5.82 Å². The summed E-state index contributed by atoms with van der Waals surface area (Å²) in [7, 11) is 1.67. The molecule has 6 heteroatoms. The number of ether oxygens (including phenoxy) is 1. The van der Waals surface area contributed by atoms with E-state index in [-0.39, 0.29) is 0 Å². The highest BCUT2D eigenvalue weighted by atomic mass is 16.5. The molecule has 2 rings (SSSR count). The highest BCUT2D eigenvalue weighted by Gasteiger charge is 2.08. The van der Waals surface area contributed by atoms with E-state index in [1.165, 1.54) is 0 Å². The molecular weight excluding hydrogens is 220 g/mol. The third kappa shape index (κ3) is 3.01. The van der Waals surface area contributed by atoms with E-state index in [2.05, 4.69) is 15.1 Å². The van der Waals surface area contributed by atoms with Crippen molar-refractivity contribution in [2.75, 3.05) is 19.5 Å². The number of nitrogen functional groups attached to an aromatic ring is 1. The Bertz CT molecular complexity index is 484. The van der Waals surface area contributed by atoms with Gasteiger partial charge in [-0.05, 0) is 18.6 Å². The van der Waals surface area contributed by atoms with E-state index in [9.17, 15) is 0 Å². The number of nitrogens with two attached hydrogens (primary N) is 1. The molecule has 0 amide bonds. The lowest BCUT2D eigenvalue weighted by atomic mass is 10.2. The molecule has 0 radical (unpaired) electrons. The van der Waals surface area contributed by atoms with Crippen molar-refractivity contribution in [2.45, 2.75) is 12.8 Å². The van der Waals surface area contributed by atoms with Gasteiger partial charge >= 0.3 is 0 Å². The summed E-state index contributed by atoms with van der Waals surface area (Å²) < 4.78 is 10.1. The molecule has 0 bridgehead atoms. The van der Waals surface area contributed by atoms with Crippen LogP contribution in [0.2, 0.25) is 0 Å². The third-order valence-corrected chi connectivity index (χ3v) is 2.24. The highest BCUT2D eigenvalue weighted by molar-refractivity contribution is 5.56. The molecule has 0 spiro atoms. The molecule has 0 fully saturated rings. The second-order valence-corrected chi connectivity index (χ2v) is 3.58. The number of hydrogen-bond donors (Lipinski definition) is 1. The number of rotatable bonds is 5. The van der Waals surface area contributed by atoms with Crippen LogP contribution in [0.3, 0.4) is 0 Å². The molecular formula is C11H14N4O2. The topological polar surface area (TPSA) is 87.1 Å². The first-order valence-electron chi connectivity index (χ1n) is 5.33. The fraction of sp³-hybridized carbons (Fsp3) is 0.364. The van der Waals surface area contributed by atoms with Crippen molar-refractivity contribution in [3.05, 3.63) is 24.2 Å². The Hall–Kier alpha value is -1.95. The van der Waals surface area contributed by atoms with Gasteiger partial charge in [0, 0.05) is 31.9 Å². The Morgan fingerprint density at radius 1 is 1.47 bits per heavy atom. The van der Waals surface area contributed by atoms with Crippen LogP contribution in [0.15, 0.2) is 22.9 Å². The molecule has 0 aliphatic rings. The van der Waals surface area contributed by atoms with Crippen LogP contribution in [0.1, 0.15) is 12.2 Å². The van der Waals surface area contributed by atoms with Crippen molar-refractivity contribution in [3.8, 4) is 11.5 Å². The summed E-state index contributed by atoms with van der Waals surface area (Å²) in [4.78, 5) is 8.18. The SMILES string of the molecule is COCCCc1noc(-c2ccnc(N)c2)n1. The minimum Gasteiger partial charge on any atom is -0.385 e. The van der Waals surface area contributed by atoms with Gasteiger partial charge in [-0.3, -0.25) is 0 Å². The van der Waals surface area contributed by atoms with Crippen LogP contribution < -0.4 is 5.73 Å². The second-order valence-electron chi connectivity index (χ2n) is 3.58. The van der Waals surface area contributed by atoms with E-state index in [0.29, 0.717) is 24.1 Å². The summed E-state index contributed by atoms with van der Waals surface area (Å²) in [5.74, 6) is 1.57. The van der Waals surface area contributed by atoms with Crippen LogP contribution in [0.25, 0.3) is 11.5 Å². The van der Waals surface area contributed by atoms with Gasteiger partial charge in [0.2, 0.25) is 0 Å². The fourth-order valence-electron chi connectivity index (χ4n) is 1.43. The second kappa shape index (κ2) is 5.40. The molecule has 0 saturated carbocycles. The molecule has 2 aromatic rings. The molecule has 90 valence electrons. The predicted octanol–water partition coefficient (Wildman–Crippen LogP) is 1.29. The molecule has 0 atom stereocenters. The zero-order chi connectivity index (χ0) is 12.1. The van der Waals surface area contributed by atoms with E-state index < -0.39 is 0 Å². The number of anilines is 1. The number of aryl methyl sites for hydroxylation is 1. The van der Waals surface area contributed by atoms with Crippen molar-refractivity contribution in [1.82, 2.24) is 15.1 Å². The zero-order valence-electron chi connectivity index (χ0n) is 9.59. The maximum Gasteiger partial charge on any atom is 0.258 e. The van der Waals surface area contributed by atoms with E-state index >= 15 is 0 Å². The molecule has 0 aliphatic heterocycles. The van der Waals surface area contributed by atoms with E-state index in [0.717, 1.165) is 18.4 Å². The lowest BCUT2D eigenvalue weighted by Gasteiger charge is -1.95. The van der Waals surface area contributed by atoms with Crippen LogP contribution in [0.4, 0.5) is 5.82 Å². The number of aromatic nitrogens is 3. The van der Waals surface area contributed by atoms with Gasteiger partial charge in [-0.25, -0.2) is 4.98 Å². The van der Waals surface area contributed by atoms with Crippen LogP contribution in [-0.2, 0) is 11.2 Å². The van der Waals surface area contributed by atoms with Crippen LogP contribution in [0.5, 0.6) is 0 Å². The Balaban J connectivity index is 2.07. The summed E-state index contributed by atoms with van der Waals surface area (Å²) in [6.45, 7) is 0.687. The first-order chi connectivity index (χ1) is 8.29. The average molecular weight is 234 g/mol. The molecule has 6 nitrogen and oxygen atoms in total. The molecule has 2 heterocycles. The standard InChI is InChI=1S/C11H14N4O2/c1-16-6-2-3-10-14-11(17-15-10)8-4-5-13-9(12)7-8/h4-5,7H,2-3,6H2,1H3,(H2,12,13). The summed E-state index contributed by atoms with van der Waals surface area (Å²) >= 11 is 0. The first-order valence-corrected chi connectivity index (χ1v) is 5.33. The van der Waals surface area contributed by atoms with E-state index in [1.807, 2.05) is 0 Å². The Labute approximate surface area is 98.8 Å². The van der Waals surface area contributed by atoms with Crippen molar-refractivity contribution >= 4 is 5.82 Å². The normalized spacial score (nSPS) is 10.6. The third-order valence-electron chi connectivity index (χ3n) is 2.24. The number of nitrogens with zero attached hydrogens (tertiary/aromatic N) is 3. The summed E-state index contributed by atoms with van der Waals surface area (Å²) in [5, 5.41) is 3.89. The lowest BCUT2D eigenvalue weighted by Crippen LogP contribution is -1.94. The van der Waals surface area contributed by atoms with Crippen LogP contribution >= 0.6 is 0 Å². The largest absolute Gasteiger partial charge is 0.385 e. The smallest absolute Gasteiger partial charge is 0.258 e. The zero-order valence-corrected chi connectivity index (χ0v) is 9.59. The molecule has 0 saturated heterocycles. The predicted molar refractivity (Wildman–Crippen MR) is 62.1 cm³/mol. The van der Waals surface area contributed by atoms with Crippen molar-refractivity contribution in [3.63, 3.8) is 0 Å². The van der Waals surface area contributed by atoms with Gasteiger partial charge in [0.05, 0.1) is 0 Å². The van der Waals surface area contributed by atoms with Gasteiger partial charge in [-0.15, -0.1) is 0 Å². The van der Waals surface area contributed by atoms with Gasteiger partial charge < -0.3 is 15.0 Å². The number of pyridine rings is 1. The Kier molecular flexibility index (Phi) is 3.66. The van der Waals surface area contributed by atoms with Crippen molar-refractivity contribution in [1.29, 1.82) is 0 Å². The maximum absolute atomic E-state index is 5.58. The summed E-state index contributed by atoms with van der Waals surface area (Å²) in [6, 6.07) is 3.48. The van der Waals surface area contributed by atoms with Gasteiger partial charge in [-0.1, -0.05) is 5.16 Å². The monoisotopic (exact) mass is 234 g/mol. The van der Waals surface area contributed by atoms with Gasteiger partial charge in [-0.2, -0.15) is 4.98 Å². The first kappa shape index (κ1) is 11.5. The van der Waals surface area contributed by atoms with Gasteiger partial charge in [0.1, 0.15) is 5.82 Å². The quantitative estimate of drug-likeness (QED) is 0.784. The van der Waals surface area contributed by atoms with Crippen LogP contribution in [-0.4, -0.2) is 28.8 Å². The molecule has 2 N–H and O–H groups in total. The number of hydrogen-bond acceptors (Lipinski definition) is 6. The molecule has 0 aromatic carbocycles. The minimum absolute atomic E-state index is 0.432.